The van der Waals surface area contributed by atoms with Crippen LogP contribution in [0.25, 0.3) is 0 Å². The first-order chi connectivity index (χ1) is 11.7. The van der Waals surface area contributed by atoms with E-state index in [1.807, 2.05) is 6.21 Å². The molecule has 1 aromatic carbocycles. The van der Waals surface area contributed by atoms with Crippen molar-refractivity contribution in [3.63, 3.8) is 0 Å². The van der Waals surface area contributed by atoms with Gasteiger partial charge in [-0.25, -0.2) is 0 Å². The lowest BCUT2D eigenvalue weighted by atomic mass is 9.51. The molecular weight excluding hydrogens is 292 g/mol. The molecule has 1 aromatic heterocycles. The largest absolute Gasteiger partial charge is 0.358 e. The van der Waals surface area contributed by atoms with Crippen molar-refractivity contribution in [2.45, 2.75) is 44.9 Å². The summed E-state index contributed by atoms with van der Waals surface area (Å²) in [4.78, 5) is 7.91. The molecule has 4 saturated carbocycles. The Balaban J connectivity index is 1.34. The molecule has 1 heterocycles. The second-order valence-corrected chi connectivity index (χ2v) is 8.40. The minimum atomic E-state index is 0.821. The Morgan fingerprint density at radius 3 is 2.12 bits per heavy atom. The molecule has 4 aliphatic rings. The van der Waals surface area contributed by atoms with Crippen molar-refractivity contribution < 1.29 is 0 Å². The molecular formula is C22H26N2. The van der Waals surface area contributed by atoms with Gasteiger partial charge >= 0.3 is 0 Å². The van der Waals surface area contributed by atoms with Crippen LogP contribution in [0.4, 0.5) is 5.69 Å². The van der Waals surface area contributed by atoms with Crippen molar-refractivity contribution in [2.75, 3.05) is 0 Å². The average molecular weight is 318 g/mol. The third-order valence-corrected chi connectivity index (χ3v) is 6.71. The topological polar surface area (TPSA) is 28.1 Å². The number of hydrogen-bond donors (Lipinski definition) is 1. The molecule has 0 atom stereocenters. The molecule has 0 radical (unpaired) electrons. The number of aromatic amines is 1. The molecule has 0 aliphatic heterocycles. The minimum absolute atomic E-state index is 0.821. The van der Waals surface area contributed by atoms with Crippen molar-refractivity contribution in [1.29, 1.82) is 0 Å². The maximum absolute atomic E-state index is 4.61. The zero-order valence-electron chi connectivity index (χ0n) is 14.4. The van der Waals surface area contributed by atoms with Crippen molar-refractivity contribution >= 4 is 11.9 Å². The third kappa shape index (κ3) is 2.53. The summed E-state index contributed by atoms with van der Waals surface area (Å²) < 4.78 is 0. The average Bonchev–Trinajstić information content (AvgIpc) is 2.98. The van der Waals surface area contributed by atoms with E-state index >= 15 is 0 Å². The first-order valence-electron chi connectivity index (χ1n) is 9.54. The van der Waals surface area contributed by atoms with Gasteiger partial charge in [-0.1, -0.05) is 12.1 Å². The summed E-state index contributed by atoms with van der Waals surface area (Å²) in [5.41, 5.74) is 4.86. The number of benzene rings is 1. The van der Waals surface area contributed by atoms with Crippen LogP contribution in [0.15, 0.2) is 41.4 Å². The Morgan fingerprint density at radius 1 is 0.875 bits per heavy atom. The molecule has 0 saturated heterocycles. The highest BCUT2D eigenvalue weighted by Crippen LogP contribution is 2.59. The smallest absolute Gasteiger partial charge is 0.0630 e. The number of nitrogens with one attached hydrogen (secondary N) is 1. The van der Waals surface area contributed by atoms with Crippen molar-refractivity contribution in [1.82, 2.24) is 4.98 Å². The number of aromatic nitrogens is 1. The second kappa shape index (κ2) is 5.61. The summed E-state index contributed by atoms with van der Waals surface area (Å²) in [5.74, 6) is 4.84. The van der Waals surface area contributed by atoms with Gasteiger partial charge in [-0.05, 0) is 98.4 Å². The number of aliphatic imine (C=N–C) groups is 1. The molecule has 2 aromatic rings. The standard InChI is InChI=1S/C22H26N2/c1-14-2-5-21(24-14)13-23-20-6-3-17(4-7-20)22-18-9-15-8-16(11-18)12-19(22)10-15/h2-7,13,15-16,18-19,22,24H,8-12H2,1H3. The minimum Gasteiger partial charge on any atom is -0.358 e. The first kappa shape index (κ1) is 14.5. The van der Waals surface area contributed by atoms with Gasteiger partial charge in [0.1, 0.15) is 0 Å². The Labute approximate surface area is 144 Å². The molecule has 4 aliphatic carbocycles. The van der Waals surface area contributed by atoms with Gasteiger partial charge < -0.3 is 4.98 Å². The quantitative estimate of drug-likeness (QED) is 0.712. The van der Waals surface area contributed by atoms with E-state index in [-0.39, 0.29) is 0 Å². The number of aryl methyl sites for hydroxylation is 1. The van der Waals surface area contributed by atoms with Crippen LogP contribution >= 0.6 is 0 Å². The summed E-state index contributed by atoms with van der Waals surface area (Å²) in [7, 11) is 0. The van der Waals surface area contributed by atoms with E-state index in [1.165, 1.54) is 37.8 Å². The zero-order chi connectivity index (χ0) is 16.1. The maximum Gasteiger partial charge on any atom is 0.0630 e. The van der Waals surface area contributed by atoms with Crippen LogP contribution in [-0.2, 0) is 0 Å². The maximum atomic E-state index is 4.61. The molecule has 2 nitrogen and oxygen atoms in total. The zero-order valence-corrected chi connectivity index (χ0v) is 14.4. The second-order valence-electron chi connectivity index (χ2n) is 8.40. The normalized spacial score (nSPS) is 34.3. The van der Waals surface area contributed by atoms with Gasteiger partial charge in [0.2, 0.25) is 0 Å². The molecule has 4 bridgehead atoms. The van der Waals surface area contributed by atoms with E-state index in [2.05, 4.69) is 53.3 Å². The van der Waals surface area contributed by atoms with Crippen molar-refractivity contribution in [3.05, 3.63) is 53.3 Å². The van der Waals surface area contributed by atoms with Crippen LogP contribution in [0, 0.1) is 30.6 Å². The molecule has 24 heavy (non-hydrogen) atoms. The monoisotopic (exact) mass is 318 g/mol. The van der Waals surface area contributed by atoms with Crippen LogP contribution in [0.3, 0.4) is 0 Å². The fourth-order valence-corrected chi connectivity index (χ4v) is 6.00. The fraction of sp³-hybridized carbons (Fsp3) is 0.500. The van der Waals surface area contributed by atoms with Crippen molar-refractivity contribution in [2.24, 2.45) is 28.7 Å². The van der Waals surface area contributed by atoms with Gasteiger partial charge in [-0.3, -0.25) is 4.99 Å². The summed E-state index contributed by atoms with van der Waals surface area (Å²) in [6, 6.07) is 13.2. The van der Waals surface area contributed by atoms with E-state index in [0.29, 0.717) is 0 Å². The number of nitrogens with zero attached hydrogens (tertiary/aromatic N) is 1. The fourth-order valence-electron chi connectivity index (χ4n) is 6.00. The molecule has 1 N–H and O–H groups in total. The predicted octanol–water partition coefficient (Wildman–Crippen LogP) is 5.61. The molecule has 0 amide bonds. The van der Waals surface area contributed by atoms with Crippen LogP contribution in [-0.4, -0.2) is 11.2 Å². The van der Waals surface area contributed by atoms with E-state index in [0.717, 1.165) is 41.0 Å². The summed E-state index contributed by atoms with van der Waals surface area (Å²) in [6.07, 6.45) is 9.41. The lowest BCUT2D eigenvalue weighted by molar-refractivity contribution is -0.00277. The van der Waals surface area contributed by atoms with Gasteiger partial charge in [0.25, 0.3) is 0 Å². The van der Waals surface area contributed by atoms with E-state index in [4.69, 9.17) is 0 Å². The lowest BCUT2D eigenvalue weighted by Crippen LogP contribution is -2.43. The van der Waals surface area contributed by atoms with Crippen LogP contribution in [0.5, 0.6) is 0 Å². The van der Waals surface area contributed by atoms with Gasteiger partial charge in [-0.15, -0.1) is 0 Å². The third-order valence-electron chi connectivity index (χ3n) is 6.71. The summed E-state index contributed by atoms with van der Waals surface area (Å²) >= 11 is 0. The Hall–Kier alpha value is -1.83. The molecule has 6 rings (SSSR count). The van der Waals surface area contributed by atoms with Crippen LogP contribution < -0.4 is 0 Å². The highest BCUT2D eigenvalue weighted by Gasteiger charge is 2.48. The Kier molecular flexibility index (Phi) is 3.39. The molecule has 4 fully saturated rings. The van der Waals surface area contributed by atoms with Gasteiger partial charge in [0.05, 0.1) is 17.6 Å². The summed E-state index contributed by atoms with van der Waals surface area (Å²) in [5, 5.41) is 0. The van der Waals surface area contributed by atoms with E-state index < -0.39 is 0 Å². The number of hydrogen-bond acceptors (Lipinski definition) is 1. The van der Waals surface area contributed by atoms with Gasteiger partial charge in [-0.2, -0.15) is 0 Å². The molecule has 0 spiro atoms. The number of rotatable bonds is 3. The predicted molar refractivity (Wildman–Crippen MR) is 99.0 cm³/mol. The van der Waals surface area contributed by atoms with Gasteiger partial charge in [0, 0.05) is 5.69 Å². The Bertz CT molecular complexity index is 725. The molecule has 2 heteroatoms. The van der Waals surface area contributed by atoms with E-state index in [1.54, 1.807) is 5.56 Å². The SMILES string of the molecule is Cc1ccc(C=Nc2ccc(C3C4CC5CC(C4)CC3C5)cc2)[nH]1. The highest BCUT2D eigenvalue weighted by atomic mass is 14.8. The molecule has 0 unspecified atom stereocenters. The first-order valence-corrected chi connectivity index (χ1v) is 9.54. The van der Waals surface area contributed by atoms with Crippen molar-refractivity contribution in [3.8, 4) is 0 Å². The lowest BCUT2D eigenvalue weighted by Gasteiger charge is -2.54. The number of H-pyrrole nitrogens is 1. The highest BCUT2D eigenvalue weighted by molar-refractivity contribution is 5.79. The summed E-state index contributed by atoms with van der Waals surface area (Å²) in [6.45, 7) is 2.07. The van der Waals surface area contributed by atoms with Crippen LogP contribution in [0.1, 0.15) is 55.0 Å². The molecule has 124 valence electrons. The van der Waals surface area contributed by atoms with E-state index in [9.17, 15) is 0 Å². The Morgan fingerprint density at radius 2 is 1.54 bits per heavy atom. The van der Waals surface area contributed by atoms with Gasteiger partial charge in [0.15, 0.2) is 0 Å². The van der Waals surface area contributed by atoms with Crippen LogP contribution in [0.2, 0.25) is 0 Å².